The van der Waals surface area contributed by atoms with Gasteiger partial charge in [0.1, 0.15) is 5.82 Å². The molecule has 0 saturated carbocycles. The maximum absolute atomic E-state index is 13.7. The van der Waals surface area contributed by atoms with Gasteiger partial charge in [0, 0.05) is 37.3 Å². The Hall–Kier alpha value is -0.930. The number of piperazine rings is 1. The van der Waals surface area contributed by atoms with E-state index >= 15 is 0 Å². The molecule has 2 rings (SSSR count). The van der Waals surface area contributed by atoms with Gasteiger partial charge in [-0.2, -0.15) is 0 Å². The Morgan fingerprint density at radius 2 is 2.17 bits per heavy atom. The van der Waals surface area contributed by atoms with Crippen LogP contribution in [0.15, 0.2) is 24.3 Å². The topological polar surface area (TPSA) is 15.3 Å². The summed E-state index contributed by atoms with van der Waals surface area (Å²) in [5.41, 5.74) is 0.813. The third-order valence-corrected chi connectivity index (χ3v) is 3.68. The largest absolute Gasteiger partial charge is 0.311 e. The minimum atomic E-state index is -0.0843. The summed E-state index contributed by atoms with van der Waals surface area (Å²) in [6.45, 7) is 7.14. The number of nitrogens with one attached hydrogen (secondary N) is 1. The van der Waals surface area contributed by atoms with Crippen molar-refractivity contribution in [2.45, 2.75) is 45.3 Å². The number of hydrogen-bond acceptors (Lipinski definition) is 2. The SMILES string of the molecule is CCCC1CNC(C)CN1Cc1ccccc1F. The molecule has 1 saturated heterocycles. The first-order chi connectivity index (χ1) is 8.70. The quantitative estimate of drug-likeness (QED) is 0.884. The molecule has 1 heterocycles. The van der Waals surface area contributed by atoms with Crippen molar-refractivity contribution in [3.8, 4) is 0 Å². The smallest absolute Gasteiger partial charge is 0.127 e. The fourth-order valence-corrected chi connectivity index (χ4v) is 2.69. The molecule has 1 fully saturated rings. The van der Waals surface area contributed by atoms with E-state index in [1.165, 1.54) is 12.8 Å². The van der Waals surface area contributed by atoms with Crippen LogP contribution in [0.3, 0.4) is 0 Å². The van der Waals surface area contributed by atoms with Gasteiger partial charge in [0.25, 0.3) is 0 Å². The van der Waals surface area contributed by atoms with E-state index in [-0.39, 0.29) is 5.82 Å². The molecule has 2 atom stereocenters. The van der Waals surface area contributed by atoms with E-state index in [9.17, 15) is 4.39 Å². The van der Waals surface area contributed by atoms with Gasteiger partial charge in [-0.25, -0.2) is 4.39 Å². The average molecular weight is 250 g/mol. The van der Waals surface area contributed by atoms with E-state index in [2.05, 4.69) is 24.1 Å². The molecule has 0 radical (unpaired) electrons. The summed E-state index contributed by atoms with van der Waals surface area (Å²) in [7, 11) is 0. The molecule has 1 aromatic rings. The van der Waals surface area contributed by atoms with Crippen molar-refractivity contribution < 1.29 is 4.39 Å². The molecule has 1 aromatic carbocycles. The molecule has 1 aliphatic heterocycles. The summed E-state index contributed by atoms with van der Waals surface area (Å²) in [4.78, 5) is 2.42. The fourth-order valence-electron chi connectivity index (χ4n) is 2.69. The predicted octanol–water partition coefficient (Wildman–Crippen LogP) is 2.79. The minimum Gasteiger partial charge on any atom is -0.311 e. The van der Waals surface area contributed by atoms with Crippen LogP contribution in [0.25, 0.3) is 0 Å². The van der Waals surface area contributed by atoms with Crippen molar-refractivity contribution in [3.05, 3.63) is 35.6 Å². The highest BCUT2D eigenvalue weighted by atomic mass is 19.1. The molecule has 0 bridgehead atoms. The van der Waals surface area contributed by atoms with Gasteiger partial charge in [0.2, 0.25) is 0 Å². The lowest BCUT2D eigenvalue weighted by atomic mass is 10.0. The number of benzene rings is 1. The van der Waals surface area contributed by atoms with Crippen molar-refractivity contribution in [3.63, 3.8) is 0 Å². The first-order valence-electron chi connectivity index (χ1n) is 6.91. The highest BCUT2D eigenvalue weighted by Gasteiger charge is 2.25. The van der Waals surface area contributed by atoms with Crippen molar-refractivity contribution in [1.29, 1.82) is 0 Å². The predicted molar refractivity (Wildman–Crippen MR) is 73.0 cm³/mol. The molecule has 1 aliphatic rings. The second kappa shape index (κ2) is 6.30. The Kier molecular flexibility index (Phi) is 4.72. The van der Waals surface area contributed by atoms with Crippen LogP contribution in [0.4, 0.5) is 4.39 Å². The van der Waals surface area contributed by atoms with Gasteiger partial charge >= 0.3 is 0 Å². The van der Waals surface area contributed by atoms with E-state index in [4.69, 9.17) is 0 Å². The summed E-state index contributed by atoms with van der Waals surface area (Å²) < 4.78 is 13.7. The number of rotatable bonds is 4. The van der Waals surface area contributed by atoms with Gasteiger partial charge in [0.15, 0.2) is 0 Å². The van der Waals surface area contributed by atoms with Crippen LogP contribution in [-0.2, 0) is 6.54 Å². The Morgan fingerprint density at radius 3 is 2.89 bits per heavy atom. The molecule has 0 aromatic heterocycles. The van der Waals surface area contributed by atoms with Crippen molar-refractivity contribution >= 4 is 0 Å². The van der Waals surface area contributed by atoms with Gasteiger partial charge in [-0.15, -0.1) is 0 Å². The Bertz CT molecular complexity index is 381. The zero-order valence-corrected chi connectivity index (χ0v) is 11.3. The molecule has 0 spiro atoms. The van der Waals surface area contributed by atoms with Crippen molar-refractivity contribution in [2.24, 2.45) is 0 Å². The Balaban J connectivity index is 2.06. The lowest BCUT2D eigenvalue weighted by molar-refractivity contribution is 0.119. The maximum atomic E-state index is 13.7. The summed E-state index contributed by atoms with van der Waals surface area (Å²) in [6, 6.07) is 8.14. The molecule has 0 amide bonds. The van der Waals surface area contributed by atoms with E-state index in [0.29, 0.717) is 12.1 Å². The molecule has 2 unspecified atom stereocenters. The molecule has 100 valence electrons. The first-order valence-corrected chi connectivity index (χ1v) is 6.91. The normalized spacial score (nSPS) is 25.3. The van der Waals surface area contributed by atoms with Crippen LogP contribution in [0.5, 0.6) is 0 Å². The van der Waals surface area contributed by atoms with Gasteiger partial charge in [-0.1, -0.05) is 31.5 Å². The van der Waals surface area contributed by atoms with Gasteiger partial charge < -0.3 is 5.32 Å². The number of halogens is 1. The monoisotopic (exact) mass is 250 g/mol. The number of nitrogens with zero attached hydrogens (tertiary/aromatic N) is 1. The second-order valence-electron chi connectivity index (χ2n) is 5.27. The molecular weight excluding hydrogens is 227 g/mol. The van der Waals surface area contributed by atoms with Crippen LogP contribution in [0, 0.1) is 5.82 Å². The molecular formula is C15H23FN2. The Labute approximate surface area is 109 Å². The molecule has 18 heavy (non-hydrogen) atoms. The van der Waals surface area contributed by atoms with Crippen LogP contribution >= 0.6 is 0 Å². The molecule has 0 aliphatic carbocycles. The first kappa shape index (κ1) is 13.5. The van der Waals surface area contributed by atoms with Gasteiger partial charge in [0.05, 0.1) is 0 Å². The zero-order chi connectivity index (χ0) is 13.0. The van der Waals surface area contributed by atoms with E-state index in [1.807, 2.05) is 12.1 Å². The average Bonchev–Trinajstić information content (AvgIpc) is 2.36. The Morgan fingerprint density at radius 1 is 1.39 bits per heavy atom. The van der Waals surface area contributed by atoms with E-state index in [1.54, 1.807) is 12.1 Å². The molecule has 1 N–H and O–H groups in total. The third-order valence-electron chi connectivity index (χ3n) is 3.68. The van der Waals surface area contributed by atoms with Crippen molar-refractivity contribution in [1.82, 2.24) is 10.2 Å². The summed E-state index contributed by atoms with van der Waals surface area (Å²) in [5, 5.41) is 3.51. The van der Waals surface area contributed by atoms with Crippen LogP contribution in [0.2, 0.25) is 0 Å². The third kappa shape index (κ3) is 3.30. The lowest BCUT2D eigenvalue weighted by Crippen LogP contribution is -2.54. The van der Waals surface area contributed by atoms with Crippen molar-refractivity contribution in [2.75, 3.05) is 13.1 Å². The second-order valence-corrected chi connectivity index (χ2v) is 5.27. The van der Waals surface area contributed by atoms with Crippen LogP contribution in [-0.4, -0.2) is 30.1 Å². The van der Waals surface area contributed by atoms with Gasteiger partial charge in [-0.3, -0.25) is 4.90 Å². The number of hydrogen-bond donors (Lipinski definition) is 1. The molecule has 2 nitrogen and oxygen atoms in total. The minimum absolute atomic E-state index is 0.0843. The van der Waals surface area contributed by atoms with E-state index < -0.39 is 0 Å². The van der Waals surface area contributed by atoms with Crippen LogP contribution < -0.4 is 5.32 Å². The molecule has 3 heteroatoms. The zero-order valence-electron chi connectivity index (χ0n) is 11.3. The summed E-state index contributed by atoms with van der Waals surface area (Å²) in [6.07, 6.45) is 2.35. The van der Waals surface area contributed by atoms with E-state index in [0.717, 1.165) is 25.2 Å². The van der Waals surface area contributed by atoms with Crippen LogP contribution in [0.1, 0.15) is 32.3 Å². The van der Waals surface area contributed by atoms with Gasteiger partial charge in [-0.05, 0) is 19.4 Å². The summed E-state index contributed by atoms with van der Waals surface area (Å²) in [5.74, 6) is -0.0843. The summed E-state index contributed by atoms with van der Waals surface area (Å²) >= 11 is 0. The lowest BCUT2D eigenvalue weighted by Gasteiger charge is -2.39. The highest BCUT2D eigenvalue weighted by molar-refractivity contribution is 5.17. The maximum Gasteiger partial charge on any atom is 0.127 e. The highest BCUT2D eigenvalue weighted by Crippen LogP contribution is 2.17. The fraction of sp³-hybridized carbons (Fsp3) is 0.600. The standard InChI is InChI=1S/C15H23FN2/c1-3-6-14-9-17-12(2)10-18(14)11-13-7-4-5-8-15(13)16/h4-5,7-8,12,14,17H,3,6,9-11H2,1-2H3.